The molecule has 0 saturated heterocycles. The summed E-state index contributed by atoms with van der Waals surface area (Å²) in [6.07, 6.45) is 15.9. The van der Waals surface area contributed by atoms with E-state index in [1.54, 1.807) is 29.8 Å². The largest absolute Gasteiger partial charge is 0.507 e. The molecule has 3 heteroatoms. The lowest BCUT2D eigenvalue weighted by molar-refractivity contribution is -0.103. The molecular formula is C36H52O3. The van der Waals surface area contributed by atoms with Crippen molar-refractivity contribution in [2.75, 3.05) is 0 Å². The number of para-hydroxylation sites is 1. The molecular weight excluding hydrogens is 480 g/mol. The second kappa shape index (κ2) is 10.1. The minimum Gasteiger partial charge on any atom is -0.507 e. The van der Waals surface area contributed by atoms with Gasteiger partial charge in [0.15, 0.2) is 0 Å². The van der Waals surface area contributed by atoms with Gasteiger partial charge in [-0.2, -0.15) is 0 Å². The Kier molecular flexibility index (Phi) is 7.39. The maximum absolute atomic E-state index is 13.1. The van der Waals surface area contributed by atoms with Gasteiger partial charge >= 0.3 is 5.97 Å². The van der Waals surface area contributed by atoms with Crippen LogP contribution < -0.4 is 0 Å². The summed E-state index contributed by atoms with van der Waals surface area (Å²) in [6, 6.07) is 6.74. The van der Waals surface area contributed by atoms with Gasteiger partial charge in [0.05, 0.1) is 0 Å². The Labute approximate surface area is 237 Å². The molecule has 0 bridgehead atoms. The maximum Gasteiger partial charge on any atom is 0.342 e. The second-order valence-electron chi connectivity index (χ2n) is 14.9. The van der Waals surface area contributed by atoms with Gasteiger partial charge in [-0.1, -0.05) is 69.5 Å². The van der Waals surface area contributed by atoms with Crippen LogP contribution in [0, 0.1) is 33.5 Å². The topological polar surface area (TPSA) is 46.5 Å². The van der Waals surface area contributed by atoms with Crippen molar-refractivity contribution in [1.29, 1.82) is 0 Å². The zero-order valence-electron chi connectivity index (χ0n) is 25.7. The molecule has 5 unspecified atom stereocenters. The molecule has 39 heavy (non-hydrogen) atoms. The standard InChI is InChI=1S/C36H52O3/c1-24(2)12-8-9-13-25-18-22-36(7)28-16-17-30-33(3,4)31(39-32(38)26-14-10-11-15-29(26)37)20-21-34(30,5)27(28)19-23-35(25,36)6/h10-12,14-15,25,30-31,37H,8-9,13,16-23H2,1-7H3/t25?,30?,31?,34?,35?,36-/m0/s1. The molecule has 1 N–H and O–H groups in total. The molecule has 0 aromatic heterocycles. The molecule has 0 radical (unpaired) electrons. The van der Waals surface area contributed by atoms with Crippen molar-refractivity contribution in [3.8, 4) is 5.75 Å². The number of rotatable bonds is 6. The molecule has 4 aliphatic carbocycles. The fourth-order valence-corrected chi connectivity index (χ4v) is 10.0. The number of carbonyl (C=O) groups is 1. The van der Waals surface area contributed by atoms with Gasteiger partial charge in [-0.05, 0) is 125 Å². The average molecular weight is 533 g/mol. The van der Waals surface area contributed by atoms with Crippen LogP contribution in [-0.2, 0) is 4.74 Å². The molecule has 5 rings (SSSR count). The smallest absolute Gasteiger partial charge is 0.342 e. The van der Waals surface area contributed by atoms with E-state index in [2.05, 4.69) is 54.5 Å². The van der Waals surface area contributed by atoms with Crippen molar-refractivity contribution in [2.45, 2.75) is 125 Å². The summed E-state index contributed by atoms with van der Waals surface area (Å²) in [5.41, 5.74) is 6.13. The lowest BCUT2D eigenvalue weighted by Gasteiger charge is -2.62. The Morgan fingerprint density at radius 2 is 1.72 bits per heavy atom. The molecule has 0 heterocycles. The lowest BCUT2D eigenvalue weighted by atomic mass is 9.43. The van der Waals surface area contributed by atoms with Crippen LogP contribution in [0.5, 0.6) is 5.75 Å². The van der Waals surface area contributed by atoms with E-state index in [9.17, 15) is 9.90 Å². The number of unbranched alkanes of at least 4 members (excludes halogenated alkanes) is 1. The number of allylic oxidation sites excluding steroid dienone is 4. The SMILES string of the molecule is CC(C)=CCCCC1CC[C@@]2(C)C3=C(CCC12C)C1(C)CCC(OC(=O)c2ccccc2O)C(C)(C)C1CC3. The number of phenols is 1. The van der Waals surface area contributed by atoms with Crippen molar-refractivity contribution in [1.82, 2.24) is 0 Å². The van der Waals surface area contributed by atoms with Crippen LogP contribution in [0.25, 0.3) is 0 Å². The zero-order chi connectivity index (χ0) is 28.2. The summed E-state index contributed by atoms with van der Waals surface area (Å²) in [5, 5.41) is 10.2. The number of phenolic OH excluding ortho intramolecular Hbond substituents is 1. The van der Waals surface area contributed by atoms with Gasteiger partial charge in [0.25, 0.3) is 0 Å². The molecule has 4 aliphatic rings. The molecule has 1 aromatic carbocycles. The van der Waals surface area contributed by atoms with Gasteiger partial charge in [-0.15, -0.1) is 0 Å². The van der Waals surface area contributed by atoms with Crippen molar-refractivity contribution in [3.63, 3.8) is 0 Å². The summed E-state index contributed by atoms with van der Waals surface area (Å²) in [4.78, 5) is 13.1. The molecule has 2 saturated carbocycles. The number of benzene rings is 1. The fourth-order valence-electron chi connectivity index (χ4n) is 10.0. The van der Waals surface area contributed by atoms with E-state index in [1.165, 1.54) is 63.4 Å². The summed E-state index contributed by atoms with van der Waals surface area (Å²) < 4.78 is 6.17. The van der Waals surface area contributed by atoms with Crippen molar-refractivity contribution < 1.29 is 14.6 Å². The number of aromatic hydroxyl groups is 1. The van der Waals surface area contributed by atoms with Gasteiger partial charge in [0.1, 0.15) is 17.4 Å². The summed E-state index contributed by atoms with van der Waals surface area (Å²) in [7, 11) is 0. The number of fused-ring (bicyclic) bond motifs is 4. The number of ether oxygens (including phenoxy) is 1. The summed E-state index contributed by atoms with van der Waals surface area (Å²) in [6.45, 7) is 16.9. The van der Waals surface area contributed by atoms with Gasteiger partial charge in [0.2, 0.25) is 0 Å². The zero-order valence-corrected chi connectivity index (χ0v) is 25.7. The van der Waals surface area contributed by atoms with E-state index in [0.29, 0.717) is 16.7 Å². The third-order valence-electron chi connectivity index (χ3n) is 12.6. The number of carbonyl (C=O) groups excluding carboxylic acids is 1. The Morgan fingerprint density at radius 1 is 0.974 bits per heavy atom. The average Bonchev–Trinajstić information content (AvgIpc) is 3.14. The van der Waals surface area contributed by atoms with Crippen LogP contribution >= 0.6 is 0 Å². The quantitative estimate of drug-likeness (QED) is 0.225. The molecule has 6 atom stereocenters. The molecule has 0 spiro atoms. The van der Waals surface area contributed by atoms with E-state index in [0.717, 1.165) is 18.8 Å². The summed E-state index contributed by atoms with van der Waals surface area (Å²) >= 11 is 0. The minimum atomic E-state index is -0.395. The predicted octanol–water partition coefficient (Wildman–Crippen LogP) is 9.80. The van der Waals surface area contributed by atoms with Crippen LogP contribution in [0.1, 0.15) is 129 Å². The van der Waals surface area contributed by atoms with Gasteiger partial charge < -0.3 is 9.84 Å². The Balaban J connectivity index is 1.37. The van der Waals surface area contributed by atoms with Crippen molar-refractivity contribution >= 4 is 5.97 Å². The maximum atomic E-state index is 13.1. The normalized spacial score (nSPS) is 36.9. The first-order valence-electron chi connectivity index (χ1n) is 15.7. The monoisotopic (exact) mass is 532 g/mol. The molecule has 0 amide bonds. The van der Waals surface area contributed by atoms with Gasteiger partial charge in [-0.25, -0.2) is 4.79 Å². The highest BCUT2D eigenvalue weighted by atomic mass is 16.5. The van der Waals surface area contributed by atoms with E-state index < -0.39 is 5.97 Å². The van der Waals surface area contributed by atoms with Crippen LogP contribution in [0.4, 0.5) is 0 Å². The Bertz CT molecular complexity index is 1170. The number of esters is 1. The van der Waals surface area contributed by atoms with Crippen molar-refractivity contribution in [2.24, 2.45) is 33.5 Å². The van der Waals surface area contributed by atoms with E-state index >= 15 is 0 Å². The van der Waals surface area contributed by atoms with Crippen LogP contribution in [0.3, 0.4) is 0 Å². The van der Waals surface area contributed by atoms with E-state index in [4.69, 9.17) is 4.74 Å². The Morgan fingerprint density at radius 3 is 2.44 bits per heavy atom. The highest BCUT2D eigenvalue weighted by Gasteiger charge is 2.63. The molecule has 3 nitrogen and oxygen atoms in total. The molecule has 1 aromatic rings. The molecule has 2 fully saturated rings. The van der Waals surface area contributed by atoms with E-state index in [1.807, 2.05) is 5.57 Å². The highest BCUT2D eigenvalue weighted by molar-refractivity contribution is 5.92. The number of hydrogen-bond donors (Lipinski definition) is 1. The van der Waals surface area contributed by atoms with E-state index in [-0.39, 0.29) is 28.2 Å². The van der Waals surface area contributed by atoms with Crippen LogP contribution in [-0.4, -0.2) is 17.2 Å². The first-order chi connectivity index (χ1) is 18.3. The van der Waals surface area contributed by atoms with Crippen LogP contribution in [0.15, 0.2) is 47.1 Å². The second-order valence-corrected chi connectivity index (χ2v) is 14.9. The third kappa shape index (κ3) is 4.51. The van der Waals surface area contributed by atoms with Gasteiger partial charge in [0, 0.05) is 5.41 Å². The predicted molar refractivity (Wildman–Crippen MR) is 160 cm³/mol. The lowest BCUT2D eigenvalue weighted by Crippen LogP contribution is -2.55. The number of hydrogen-bond acceptors (Lipinski definition) is 3. The van der Waals surface area contributed by atoms with Crippen molar-refractivity contribution in [3.05, 3.63) is 52.6 Å². The minimum absolute atomic E-state index is 0.00118. The Hall–Kier alpha value is -2.03. The highest BCUT2D eigenvalue weighted by Crippen LogP contribution is 2.72. The first kappa shape index (κ1) is 28.5. The van der Waals surface area contributed by atoms with Gasteiger partial charge in [-0.3, -0.25) is 0 Å². The molecule has 214 valence electrons. The third-order valence-corrected chi connectivity index (χ3v) is 12.6. The fraction of sp³-hybridized carbons (Fsp3) is 0.694. The first-order valence-corrected chi connectivity index (χ1v) is 15.7. The van der Waals surface area contributed by atoms with Crippen LogP contribution in [0.2, 0.25) is 0 Å². The molecule has 0 aliphatic heterocycles. The summed E-state index contributed by atoms with van der Waals surface area (Å²) in [5.74, 6) is 0.939.